The van der Waals surface area contributed by atoms with Gasteiger partial charge in [0.25, 0.3) is 0 Å². The van der Waals surface area contributed by atoms with Crippen LogP contribution in [0.4, 0.5) is 5.69 Å². The lowest BCUT2D eigenvalue weighted by molar-refractivity contribution is 0.199. The van der Waals surface area contributed by atoms with Gasteiger partial charge in [-0.05, 0) is 31.2 Å². The Bertz CT molecular complexity index is 362. The number of hydrogen-bond acceptors (Lipinski definition) is 2. The molecule has 1 aromatic carbocycles. The van der Waals surface area contributed by atoms with Crippen molar-refractivity contribution in [2.75, 3.05) is 18.5 Å². The highest BCUT2D eigenvalue weighted by molar-refractivity contribution is 5.54. The summed E-state index contributed by atoms with van der Waals surface area (Å²) in [6.45, 7) is 5.23. The first-order valence-corrected chi connectivity index (χ1v) is 6.07. The largest absolute Gasteiger partial charge is 0.389 e. The maximum Gasteiger partial charge on any atom is 0.0781 e. The van der Waals surface area contributed by atoms with Gasteiger partial charge in [0.05, 0.1) is 6.10 Å². The molecule has 0 amide bonds. The van der Waals surface area contributed by atoms with Gasteiger partial charge in [-0.15, -0.1) is 0 Å². The Balaban J connectivity index is 2.12. The molecule has 1 saturated carbocycles. The third-order valence-corrected chi connectivity index (χ3v) is 3.58. The van der Waals surface area contributed by atoms with Crippen molar-refractivity contribution < 1.29 is 5.11 Å². The number of hydrogen-bond donors (Lipinski definition) is 1. The Hall–Kier alpha value is -1.02. The summed E-state index contributed by atoms with van der Waals surface area (Å²) in [6.07, 6.45) is 0.955. The average Bonchev–Trinajstić information content (AvgIpc) is 2.94. The van der Waals surface area contributed by atoms with Crippen molar-refractivity contribution in [2.24, 2.45) is 11.8 Å². The molecule has 88 valence electrons. The van der Waals surface area contributed by atoms with Crippen molar-refractivity contribution in [3.8, 4) is 0 Å². The summed E-state index contributed by atoms with van der Waals surface area (Å²) in [5.41, 5.74) is 2.19. The molecule has 1 aliphatic carbocycles. The van der Waals surface area contributed by atoms with Gasteiger partial charge in [-0.25, -0.2) is 0 Å². The van der Waals surface area contributed by atoms with E-state index in [0.29, 0.717) is 0 Å². The summed E-state index contributed by atoms with van der Waals surface area (Å²) in [6, 6.07) is 8.12. The van der Waals surface area contributed by atoms with Gasteiger partial charge < -0.3 is 10.0 Å². The van der Waals surface area contributed by atoms with Crippen molar-refractivity contribution in [3.63, 3.8) is 0 Å². The summed E-state index contributed by atoms with van der Waals surface area (Å²) >= 11 is 0. The SMILES string of the molecule is CC(O)c1ccccc1N(C)CC1CC1C. The number of rotatable bonds is 4. The molecular weight excluding hydrogens is 198 g/mol. The maximum atomic E-state index is 9.73. The number of anilines is 1. The number of benzene rings is 1. The van der Waals surface area contributed by atoms with E-state index in [1.54, 1.807) is 0 Å². The fourth-order valence-corrected chi connectivity index (χ4v) is 2.29. The van der Waals surface area contributed by atoms with Crippen molar-refractivity contribution in [3.05, 3.63) is 29.8 Å². The van der Waals surface area contributed by atoms with Crippen LogP contribution in [0.25, 0.3) is 0 Å². The zero-order chi connectivity index (χ0) is 11.7. The van der Waals surface area contributed by atoms with Crippen molar-refractivity contribution >= 4 is 5.69 Å². The van der Waals surface area contributed by atoms with Crippen molar-refractivity contribution in [1.29, 1.82) is 0 Å². The number of aliphatic hydroxyl groups excluding tert-OH is 1. The zero-order valence-electron chi connectivity index (χ0n) is 10.4. The molecule has 0 aromatic heterocycles. The summed E-state index contributed by atoms with van der Waals surface area (Å²) in [4.78, 5) is 2.27. The van der Waals surface area contributed by atoms with Gasteiger partial charge >= 0.3 is 0 Å². The van der Waals surface area contributed by atoms with Gasteiger partial charge in [-0.1, -0.05) is 25.1 Å². The molecule has 0 bridgehead atoms. The normalized spacial score (nSPS) is 25.2. The summed E-state index contributed by atoms with van der Waals surface area (Å²) in [5, 5.41) is 9.73. The van der Waals surface area contributed by atoms with Gasteiger partial charge in [0.2, 0.25) is 0 Å². The quantitative estimate of drug-likeness (QED) is 0.841. The Morgan fingerprint density at radius 1 is 1.44 bits per heavy atom. The zero-order valence-corrected chi connectivity index (χ0v) is 10.4. The molecule has 1 N–H and O–H groups in total. The molecule has 0 heterocycles. The molecule has 3 atom stereocenters. The number of nitrogens with zero attached hydrogens (tertiary/aromatic N) is 1. The van der Waals surface area contributed by atoms with Crippen molar-refractivity contribution in [1.82, 2.24) is 0 Å². The predicted octanol–water partition coefficient (Wildman–Crippen LogP) is 2.83. The predicted molar refractivity (Wildman–Crippen MR) is 67.6 cm³/mol. The summed E-state index contributed by atoms with van der Waals surface area (Å²) < 4.78 is 0. The van der Waals surface area contributed by atoms with Crippen LogP contribution < -0.4 is 4.90 Å². The molecule has 0 aliphatic heterocycles. The fourth-order valence-electron chi connectivity index (χ4n) is 2.29. The van der Waals surface area contributed by atoms with Crippen LogP contribution in [0.3, 0.4) is 0 Å². The molecule has 2 nitrogen and oxygen atoms in total. The van der Waals surface area contributed by atoms with Gasteiger partial charge in [0.1, 0.15) is 0 Å². The van der Waals surface area contributed by atoms with Crippen LogP contribution in [-0.2, 0) is 0 Å². The molecular formula is C14H21NO. The molecule has 1 aliphatic rings. The summed E-state index contributed by atoms with van der Waals surface area (Å²) in [7, 11) is 2.12. The van der Waals surface area contributed by atoms with Crippen molar-refractivity contribution in [2.45, 2.75) is 26.4 Å². The van der Waals surface area contributed by atoms with Gasteiger partial charge in [0, 0.05) is 24.8 Å². The fraction of sp³-hybridized carbons (Fsp3) is 0.571. The van der Waals surface area contributed by atoms with Gasteiger partial charge in [-0.2, -0.15) is 0 Å². The van der Waals surface area contributed by atoms with Crippen LogP contribution in [0.2, 0.25) is 0 Å². The van der Waals surface area contributed by atoms with Crippen LogP contribution in [0.1, 0.15) is 31.9 Å². The highest BCUT2D eigenvalue weighted by atomic mass is 16.3. The third-order valence-electron chi connectivity index (χ3n) is 3.58. The minimum absolute atomic E-state index is 0.393. The Labute approximate surface area is 97.9 Å². The Morgan fingerprint density at radius 3 is 2.62 bits per heavy atom. The molecule has 1 fully saturated rings. The minimum atomic E-state index is -0.393. The lowest BCUT2D eigenvalue weighted by Crippen LogP contribution is -2.22. The van der Waals surface area contributed by atoms with E-state index in [-0.39, 0.29) is 0 Å². The minimum Gasteiger partial charge on any atom is -0.389 e. The highest BCUT2D eigenvalue weighted by Gasteiger charge is 2.33. The molecule has 0 spiro atoms. The molecule has 0 radical (unpaired) electrons. The monoisotopic (exact) mass is 219 g/mol. The van der Waals surface area contributed by atoms with Crippen LogP contribution in [-0.4, -0.2) is 18.7 Å². The van der Waals surface area contributed by atoms with E-state index < -0.39 is 6.10 Å². The van der Waals surface area contributed by atoms with E-state index >= 15 is 0 Å². The molecule has 3 unspecified atom stereocenters. The van der Waals surface area contributed by atoms with Crippen LogP contribution in [0.5, 0.6) is 0 Å². The number of aliphatic hydroxyl groups is 1. The second-order valence-electron chi connectivity index (χ2n) is 5.09. The van der Waals surface area contributed by atoms with E-state index in [1.165, 1.54) is 6.42 Å². The second kappa shape index (κ2) is 4.46. The molecule has 1 aromatic rings. The Morgan fingerprint density at radius 2 is 2.06 bits per heavy atom. The highest BCUT2D eigenvalue weighted by Crippen LogP contribution is 2.39. The van der Waals surface area contributed by atoms with E-state index in [2.05, 4.69) is 24.9 Å². The van der Waals surface area contributed by atoms with E-state index in [1.807, 2.05) is 25.1 Å². The second-order valence-corrected chi connectivity index (χ2v) is 5.09. The first kappa shape index (κ1) is 11.5. The Kier molecular flexibility index (Phi) is 3.20. The molecule has 0 saturated heterocycles. The van der Waals surface area contributed by atoms with E-state index in [9.17, 15) is 5.11 Å². The topological polar surface area (TPSA) is 23.5 Å². The van der Waals surface area contributed by atoms with Crippen LogP contribution in [0.15, 0.2) is 24.3 Å². The third kappa shape index (κ3) is 2.38. The smallest absolute Gasteiger partial charge is 0.0781 e. The first-order valence-electron chi connectivity index (χ1n) is 6.07. The van der Waals surface area contributed by atoms with Crippen LogP contribution in [0, 0.1) is 11.8 Å². The lowest BCUT2D eigenvalue weighted by atomic mass is 10.1. The number of para-hydroxylation sites is 1. The molecule has 2 rings (SSSR count). The summed E-state index contributed by atoms with van der Waals surface area (Å²) in [5.74, 6) is 1.72. The van der Waals surface area contributed by atoms with Crippen LogP contribution >= 0.6 is 0 Å². The first-order chi connectivity index (χ1) is 7.59. The standard InChI is InChI=1S/C14H21NO/c1-10-8-12(10)9-15(3)14-7-5-4-6-13(14)11(2)16/h4-7,10-12,16H,8-9H2,1-3H3. The van der Waals surface area contributed by atoms with E-state index in [0.717, 1.165) is 29.6 Å². The van der Waals surface area contributed by atoms with E-state index in [4.69, 9.17) is 0 Å². The average molecular weight is 219 g/mol. The molecule has 2 heteroatoms. The van der Waals surface area contributed by atoms with Gasteiger partial charge in [0.15, 0.2) is 0 Å². The maximum absolute atomic E-state index is 9.73. The lowest BCUT2D eigenvalue weighted by Gasteiger charge is -2.23. The van der Waals surface area contributed by atoms with Gasteiger partial charge in [-0.3, -0.25) is 0 Å². The molecule has 16 heavy (non-hydrogen) atoms.